The molecule has 1 aliphatic rings. The number of halogens is 1. The predicted octanol–water partition coefficient (Wildman–Crippen LogP) is 2.62. The van der Waals surface area contributed by atoms with E-state index in [1.165, 1.54) is 6.07 Å². The number of rotatable bonds is 8. The van der Waals surface area contributed by atoms with Crippen LogP contribution in [0.25, 0.3) is 0 Å². The summed E-state index contributed by atoms with van der Waals surface area (Å²) >= 11 is 0. The molecule has 2 aromatic carbocycles. The first-order valence-electron chi connectivity index (χ1n) is 10.6. The van der Waals surface area contributed by atoms with Gasteiger partial charge in [0, 0.05) is 44.7 Å². The molecule has 1 aliphatic heterocycles. The number of hydrogen-bond acceptors (Lipinski definition) is 4. The quantitative estimate of drug-likeness (QED) is 0.704. The summed E-state index contributed by atoms with van der Waals surface area (Å²) in [7, 11) is 1.63. The number of methoxy groups -OCH3 is 1. The third-order valence-electron chi connectivity index (χ3n) is 5.79. The van der Waals surface area contributed by atoms with Gasteiger partial charge in [-0.1, -0.05) is 30.3 Å². The lowest BCUT2D eigenvalue weighted by Crippen LogP contribution is -2.54. The summed E-state index contributed by atoms with van der Waals surface area (Å²) in [5.74, 6) is 0.477. The van der Waals surface area contributed by atoms with Crippen LogP contribution in [0, 0.1) is 5.82 Å². The first-order valence-corrected chi connectivity index (χ1v) is 10.6. The van der Waals surface area contributed by atoms with Gasteiger partial charge in [-0.05, 0) is 37.1 Å². The minimum absolute atomic E-state index is 0.132. The molecule has 2 aromatic rings. The maximum atomic E-state index is 13.7. The third kappa shape index (κ3) is 6.28. The van der Waals surface area contributed by atoms with Gasteiger partial charge in [0.25, 0.3) is 0 Å². The molecule has 7 heteroatoms. The first kappa shape index (κ1) is 22.7. The molecular weight excluding hydrogens is 397 g/mol. The van der Waals surface area contributed by atoms with E-state index in [4.69, 9.17) is 4.74 Å². The molecule has 1 N–H and O–H groups in total. The minimum Gasteiger partial charge on any atom is -0.497 e. The van der Waals surface area contributed by atoms with Gasteiger partial charge < -0.3 is 15.0 Å². The summed E-state index contributed by atoms with van der Waals surface area (Å²) in [5, 5.41) is 2.81. The van der Waals surface area contributed by atoms with Gasteiger partial charge in [-0.15, -0.1) is 0 Å². The SMILES string of the molecule is COc1ccc(CCC(=O)N2CCN(C(C)C(=O)NCc3ccccc3F)CC2)cc1. The van der Waals surface area contributed by atoms with E-state index in [2.05, 4.69) is 10.2 Å². The Bertz CT molecular complexity index is 880. The maximum Gasteiger partial charge on any atom is 0.237 e. The van der Waals surface area contributed by atoms with Gasteiger partial charge in [0.1, 0.15) is 11.6 Å². The van der Waals surface area contributed by atoms with Crippen molar-refractivity contribution >= 4 is 11.8 Å². The lowest BCUT2D eigenvalue weighted by molar-refractivity contribution is -0.134. The van der Waals surface area contributed by atoms with Crippen molar-refractivity contribution in [2.45, 2.75) is 32.4 Å². The Morgan fingerprint density at radius 1 is 1.06 bits per heavy atom. The average Bonchev–Trinajstić information content (AvgIpc) is 2.81. The zero-order valence-corrected chi connectivity index (χ0v) is 18.1. The number of nitrogens with zero attached hydrogens (tertiary/aromatic N) is 2. The minimum atomic E-state index is -0.330. The summed E-state index contributed by atoms with van der Waals surface area (Å²) in [6.07, 6.45) is 1.16. The summed E-state index contributed by atoms with van der Waals surface area (Å²) in [6.45, 7) is 4.50. The Hall–Kier alpha value is -2.93. The molecule has 0 aliphatic carbocycles. The summed E-state index contributed by atoms with van der Waals surface area (Å²) < 4.78 is 18.9. The highest BCUT2D eigenvalue weighted by Crippen LogP contribution is 2.14. The van der Waals surface area contributed by atoms with E-state index in [0.717, 1.165) is 11.3 Å². The summed E-state index contributed by atoms with van der Waals surface area (Å²) in [5.41, 5.74) is 1.57. The monoisotopic (exact) mass is 427 g/mol. The Balaban J connectivity index is 1.40. The Kier molecular flexibility index (Phi) is 8.00. The van der Waals surface area contributed by atoms with Crippen LogP contribution in [0.4, 0.5) is 4.39 Å². The van der Waals surface area contributed by atoms with Crippen molar-refractivity contribution in [1.29, 1.82) is 0 Å². The highest BCUT2D eigenvalue weighted by Gasteiger charge is 2.27. The van der Waals surface area contributed by atoms with Gasteiger partial charge in [0.2, 0.25) is 11.8 Å². The number of hydrogen-bond donors (Lipinski definition) is 1. The van der Waals surface area contributed by atoms with Gasteiger partial charge in [-0.2, -0.15) is 0 Å². The zero-order chi connectivity index (χ0) is 22.2. The van der Waals surface area contributed by atoms with Gasteiger partial charge >= 0.3 is 0 Å². The van der Waals surface area contributed by atoms with Crippen molar-refractivity contribution in [2.75, 3.05) is 33.3 Å². The molecule has 0 aromatic heterocycles. The molecule has 1 unspecified atom stereocenters. The van der Waals surface area contributed by atoms with E-state index >= 15 is 0 Å². The van der Waals surface area contributed by atoms with Crippen molar-refractivity contribution in [3.8, 4) is 5.75 Å². The van der Waals surface area contributed by atoms with Crippen LogP contribution in [0.3, 0.4) is 0 Å². The number of piperazine rings is 1. The third-order valence-corrected chi connectivity index (χ3v) is 5.79. The molecule has 1 fully saturated rings. The number of amides is 2. The number of carbonyl (C=O) groups is 2. The van der Waals surface area contributed by atoms with Crippen LogP contribution in [-0.4, -0.2) is 60.9 Å². The molecule has 6 nitrogen and oxygen atoms in total. The second kappa shape index (κ2) is 10.9. The average molecular weight is 428 g/mol. The topological polar surface area (TPSA) is 61.9 Å². The number of ether oxygens (including phenoxy) is 1. The van der Waals surface area contributed by atoms with Gasteiger partial charge in [-0.3, -0.25) is 14.5 Å². The molecule has 2 amide bonds. The van der Waals surface area contributed by atoms with Crippen LogP contribution in [0.5, 0.6) is 5.75 Å². The molecule has 1 atom stereocenters. The van der Waals surface area contributed by atoms with E-state index in [0.29, 0.717) is 44.6 Å². The van der Waals surface area contributed by atoms with Gasteiger partial charge in [0.05, 0.1) is 13.2 Å². The lowest BCUT2D eigenvalue weighted by atomic mass is 10.1. The van der Waals surface area contributed by atoms with Gasteiger partial charge in [0.15, 0.2) is 0 Å². The molecule has 1 heterocycles. The Morgan fingerprint density at radius 3 is 2.39 bits per heavy atom. The van der Waals surface area contributed by atoms with Crippen molar-refractivity contribution < 1.29 is 18.7 Å². The van der Waals surface area contributed by atoms with Crippen LogP contribution in [-0.2, 0) is 22.6 Å². The van der Waals surface area contributed by atoms with E-state index in [1.54, 1.807) is 25.3 Å². The summed E-state index contributed by atoms with van der Waals surface area (Å²) in [4.78, 5) is 29.0. The maximum absolute atomic E-state index is 13.7. The molecule has 166 valence electrons. The van der Waals surface area contributed by atoms with E-state index in [1.807, 2.05) is 36.1 Å². The van der Waals surface area contributed by atoms with Crippen molar-refractivity contribution in [1.82, 2.24) is 15.1 Å². The van der Waals surface area contributed by atoms with Gasteiger partial charge in [-0.25, -0.2) is 4.39 Å². The number of benzene rings is 2. The van der Waals surface area contributed by atoms with Crippen LogP contribution in [0.15, 0.2) is 48.5 Å². The van der Waals surface area contributed by atoms with E-state index in [-0.39, 0.29) is 30.2 Å². The fraction of sp³-hybridized carbons (Fsp3) is 0.417. The molecule has 1 saturated heterocycles. The number of nitrogens with one attached hydrogen (secondary N) is 1. The van der Waals surface area contributed by atoms with Crippen LogP contribution >= 0.6 is 0 Å². The number of carbonyl (C=O) groups excluding carboxylic acids is 2. The van der Waals surface area contributed by atoms with Crippen molar-refractivity contribution in [3.63, 3.8) is 0 Å². The fourth-order valence-corrected chi connectivity index (χ4v) is 3.70. The molecule has 0 bridgehead atoms. The zero-order valence-electron chi connectivity index (χ0n) is 18.1. The highest BCUT2D eigenvalue weighted by molar-refractivity contribution is 5.81. The molecule has 0 spiro atoms. The van der Waals surface area contributed by atoms with Crippen LogP contribution < -0.4 is 10.1 Å². The highest BCUT2D eigenvalue weighted by atomic mass is 19.1. The predicted molar refractivity (Wildman–Crippen MR) is 117 cm³/mol. The van der Waals surface area contributed by atoms with E-state index < -0.39 is 0 Å². The summed E-state index contributed by atoms with van der Waals surface area (Å²) in [6, 6.07) is 13.8. The van der Waals surface area contributed by atoms with Crippen molar-refractivity contribution in [3.05, 3.63) is 65.5 Å². The molecule has 31 heavy (non-hydrogen) atoms. The van der Waals surface area contributed by atoms with E-state index in [9.17, 15) is 14.0 Å². The normalized spacial score (nSPS) is 15.4. The molecule has 0 radical (unpaired) electrons. The first-order chi connectivity index (χ1) is 15.0. The smallest absolute Gasteiger partial charge is 0.237 e. The second-order valence-electron chi connectivity index (χ2n) is 7.75. The Labute approximate surface area is 183 Å². The fourth-order valence-electron chi connectivity index (χ4n) is 3.70. The van der Waals surface area contributed by atoms with Crippen LogP contribution in [0.2, 0.25) is 0 Å². The van der Waals surface area contributed by atoms with Crippen LogP contribution in [0.1, 0.15) is 24.5 Å². The molecule has 0 saturated carbocycles. The standard InChI is InChI=1S/C24H30FN3O3/c1-18(24(30)26-17-20-5-3-4-6-22(20)25)27-13-15-28(16-14-27)23(29)12-9-19-7-10-21(31-2)11-8-19/h3-8,10-11,18H,9,12-17H2,1-2H3,(H,26,30). The Morgan fingerprint density at radius 2 is 1.74 bits per heavy atom. The molecule has 3 rings (SSSR count). The lowest BCUT2D eigenvalue weighted by Gasteiger charge is -2.37. The number of aryl methyl sites for hydroxylation is 1. The van der Waals surface area contributed by atoms with Crippen molar-refractivity contribution in [2.24, 2.45) is 0 Å². The second-order valence-corrected chi connectivity index (χ2v) is 7.75. The largest absolute Gasteiger partial charge is 0.497 e. The molecular formula is C24H30FN3O3.